The Morgan fingerprint density at radius 3 is 2.67 bits per heavy atom. The largest absolute Gasteiger partial charge is 0.462 e. The first-order valence-electron chi connectivity index (χ1n) is 10.2. The SMILES string of the molecule is CCOC(=O)c1ccc(N2CCCN(C(C)C(=O)Nc3ccccc3Cl)CC2)nc1. The molecule has 0 bridgehead atoms. The van der Waals surface area contributed by atoms with Crippen LogP contribution in [0.5, 0.6) is 0 Å². The predicted octanol–water partition coefficient (Wildman–Crippen LogP) is 3.45. The molecule has 1 aliphatic heterocycles. The van der Waals surface area contributed by atoms with Gasteiger partial charge in [-0.2, -0.15) is 0 Å². The van der Waals surface area contributed by atoms with Crippen LogP contribution in [0.2, 0.25) is 5.02 Å². The summed E-state index contributed by atoms with van der Waals surface area (Å²) >= 11 is 6.15. The number of carbonyl (C=O) groups is 2. The summed E-state index contributed by atoms with van der Waals surface area (Å²) in [6, 6.07) is 10.5. The van der Waals surface area contributed by atoms with Crippen molar-refractivity contribution in [1.82, 2.24) is 9.88 Å². The molecule has 0 radical (unpaired) electrons. The molecule has 8 heteroatoms. The van der Waals surface area contributed by atoms with Crippen molar-refractivity contribution < 1.29 is 14.3 Å². The van der Waals surface area contributed by atoms with Crippen LogP contribution in [-0.2, 0) is 9.53 Å². The molecule has 1 aliphatic rings. The van der Waals surface area contributed by atoms with E-state index in [9.17, 15) is 9.59 Å². The number of hydrogen-bond donors (Lipinski definition) is 1. The number of rotatable bonds is 6. The molecular weight excluding hydrogens is 404 g/mol. The molecule has 2 aromatic rings. The second-order valence-corrected chi connectivity index (χ2v) is 7.55. The summed E-state index contributed by atoms with van der Waals surface area (Å²) in [6.45, 7) is 7.15. The second-order valence-electron chi connectivity index (χ2n) is 7.15. The third-order valence-corrected chi connectivity index (χ3v) is 5.50. The molecular formula is C22H27ClN4O3. The van der Waals surface area contributed by atoms with E-state index < -0.39 is 0 Å². The number of halogens is 1. The molecule has 1 N–H and O–H groups in total. The zero-order valence-electron chi connectivity index (χ0n) is 17.3. The van der Waals surface area contributed by atoms with E-state index >= 15 is 0 Å². The van der Waals surface area contributed by atoms with E-state index in [4.69, 9.17) is 16.3 Å². The highest BCUT2D eigenvalue weighted by Crippen LogP contribution is 2.21. The highest BCUT2D eigenvalue weighted by atomic mass is 35.5. The van der Waals surface area contributed by atoms with Crippen molar-refractivity contribution in [2.45, 2.75) is 26.3 Å². The lowest BCUT2D eigenvalue weighted by atomic mass is 10.2. The first-order valence-corrected chi connectivity index (χ1v) is 10.5. The summed E-state index contributed by atoms with van der Waals surface area (Å²) in [5.74, 6) is 0.378. The van der Waals surface area contributed by atoms with Crippen LogP contribution in [0, 0.1) is 0 Å². The number of nitrogens with one attached hydrogen (secondary N) is 1. The molecule has 1 unspecified atom stereocenters. The summed E-state index contributed by atoms with van der Waals surface area (Å²) in [5, 5.41) is 3.44. The molecule has 1 fully saturated rings. The first-order chi connectivity index (χ1) is 14.5. The molecule has 0 aliphatic carbocycles. The second kappa shape index (κ2) is 10.4. The molecule has 7 nitrogen and oxygen atoms in total. The van der Waals surface area contributed by atoms with Crippen molar-refractivity contribution in [3.8, 4) is 0 Å². The maximum absolute atomic E-state index is 12.7. The third kappa shape index (κ3) is 5.49. The predicted molar refractivity (Wildman–Crippen MR) is 118 cm³/mol. The van der Waals surface area contributed by atoms with Crippen LogP contribution in [0.3, 0.4) is 0 Å². The highest BCUT2D eigenvalue weighted by molar-refractivity contribution is 6.33. The van der Waals surface area contributed by atoms with Crippen LogP contribution in [0.4, 0.5) is 11.5 Å². The number of para-hydroxylation sites is 1. The molecule has 30 heavy (non-hydrogen) atoms. The van der Waals surface area contributed by atoms with Crippen molar-refractivity contribution in [1.29, 1.82) is 0 Å². The first kappa shape index (κ1) is 22.1. The van der Waals surface area contributed by atoms with Crippen molar-refractivity contribution in [2.75, 3.05) is 43.0 Å². The van der Waals surface area contributed by atoms with Gasteiger partial charge in [0.1, 0.15) is 5.82 Å². The van der Waals surface area contributed by atoms with E-state index in [-0.39, 0.29) is 17.9 Å². The van der Waals surface area contributed by atoms with E-state index in [1.165, 1.54) is 0 Å². The Morgan fingerprint density at radius 1 is 1.17 bits per heavy atom. The van der Waals surface area contributed by atoms with Gasteiger partial charge in [-0.25, -0.2) is 9.78 Å². The van der Waals surface area contributed by atoms with E-state index in [0.717, 1.165) is 38.4 Å². The van der Waals surface area contributed by atoms with E-state index in [1.54, 1.807) is 31.3 Å². The van der Waals surface area contributed by atoms with Crippen LogP contribution in [0.25, 0.3) is 0 Å². The molecule has 1 atom stereocenters. The topological polar surface area (TPSA) is 74.8 Å². The zero-order valence-corrected chi connectivity index (χ0v) is 18.1. The summed E-state index contributed by atoms with van der Waals surface area (Å²) in [5.41, 5.74) is 1.07. The number of pyridine rings is 1. The smallest absolute Gasteiger partial charge is 0.339 e. The van der Waals surface area contributed by atoms with Gasteiger partial charge in [-0.3, -0.25) is 9.69 Å². The van der Waals surface area contributed by atoms with Crippen molar-refractivity contribution >= 4 is 35.0 Å². The number of benzene rings is 1. The third-order valence-electron chi connectivity index (χ3n) is 5.17. The summed E-state index contributed by atoms with van der Waals surface area (Å²) < 4.78 is 5.00. The number of carbonyl (C=O) groups excluding carboxylic acids is 2. The number of hydrogen-bond acceptors (Lipinski definition) is 6. The zero-order chi connectivity index (χ0) is 21.5. The minimum absolute atomic E-state index is 0.0755. The van der Waals surface area contributed by atoms with Gasteiger partial charge in [0.2, 0.25) is 5.91 Å². The lowest BCUT2D eigenvalue weighted by Crippen LogP contribution is -2.44. The fraction of sp³-hybridized carbons (Fsp3) is 0.409. The summed E-state index contributed by atoms with van der Waals surface area (Å²) in [7, 11) is 0. The number of esters is 1. The normalized spacial score (nSPS) is 15.9. The van der Waals surface area contributed by atoms with Gasteiger partial charge in [0.15, 0.2) is 0 Å². The summed E-state index contributed by atoms with van der Waals surface area (Å²) in [6.07, 6.45) is 2.46. The molecule has 3 rings (SSSR count). The fourth-order valence-electron chi connectivity index (χ4n) is 3.43. The monoisotopic (exact) mass is 430 g/mol. The van der Waals surface area contributed by atoms with Gasteiger partial charge in [0, 0.05) is 32.4 Å². The Morgan fingerprint density at radius 2 is 1.97 bits per heavy atom. The van der Waals surface area contributed by atoms with E-state index in [0.29, 0.717) is 22.9 Å². The molecule has 0 spiro atoms. The van der Waals surface area contributed by atoms with Gasteiger partial charge in [0.25, 0.3) is 0 Å². The lowest BCUT2D eigenvalue weighted by Gasteiger charge is -2.27. The Labute approximate surface area is 182 Å². The van der Waals surface area contributed by atoms with Crippen LogP contribution in [0.15, 0.2) is 42.6 Å². The standard InChI is InChI=1S/C22H27ClN4O3/c1-3-30-22(29)17-9-10-20(24-15-17)27-12-6-11-26(13-14-27)16(2)21(28)25-19-8-5-4-7-18(19)23/h4-5,7-10,15-16H,3,6,11-14H2,1-2H3,(H,25,28). The number of amides is 1. The van der Waals surface area contributed by atoms with Gasteiger partial charge in [-0.15, -0.1) is 0 Å². The van der Waals surface area contributed by atoms with Gasteiger partial charge >= 0.3 is 5.97 Å². The van der Waals surface area contributed by atoms with Crippen LogP contribution in [-0.4, -0.2) is 60.6 Å². The minimum Gasteiger partial charge on any atom is -0.462 e. The average Bonchev–Trinajstić information content (AvgIpc) is 3.01. The van der Waals surface area contributed by atoms with Gasteiger partial charge in [-0.1, -0.05) is 23.7 Å². The van der Waals surface area contributed by atoms with E-state index in [2.05, 4.69) is 20.1 Å². The maximum atomic E-state index is 12.7. The lowest BCUT2D eigenvalue weighted by molar-refractivity contribution is -0.120. The molecule has 1 aromatic heterocycles. The Hall–Kier alpha value is -2.64. The molecule has 2 heterocycles. The van der Waals surface area contributed by atoms with Crippen LogP contribution >= 0.6 is 11.6 Å². The number of nitrogens with zero attached hydrogens (tertiary/aromatic N) is 3. The summed E-state index contributed by atoms with van der Waals surface area (Å²) in [4.78, 5) is 33.3. The van der Waals surface area contributed by atoms with Crippen LogP contribution < -0.4 is 10.2 Å². The quantitative estimate of drug-likeness (QED) is 0.707. The van der Waals surface area contributed by atoms with Gasteiger partial charge in [-0.05, 0) is 44.5 Å². The van der Waals surface area contributed by atoms with Gasteiger partial charge < -0.3 is 15.0 Å². The van der Waals surface area contributed by atoms with E-state index in [1.807, 2.05) is 25.1 Å². The molecule has 0 saturated carbocycles. The van der Waals surface area contributed by atoms with Crippen molar-refractivity contribution in [3.05, 3.63) is 53.2 Å². The maximum Gasteiger partial charge on any atom is 0.339 e. The Balaban J connectivity index is 1.58. The van der Waals surface area contributed by atoms with Crippen molar-refractivity contribution in [2.24, 2.45) is 0 Å². The molecule has 1 saturated heterocycles. The van der Waals surface area contributed by atoms with Crippen molar-refractivity contribution in [3.63, 3.8) is 0 Å². The molecule has 1 amide bonds. The Bertz CT molecular complexity index is 875. The molecule has 1 aromatic carbocycles. The number of aromatic nitrogens is 1. The Kier molecular flexibility index (Phi) is 7.65. The highest BCUT2D eigenvalue weighted by Gasteiger charge is 2.25. The fourth-order valence-corrected chi connectivity index (χ4v) is 3.61. The average molecular weight is 431 g/mol. The minimum atomic E-state index is -0.364. The molecule has 160 valence electrons. The van der Waals surface area contributed by atoms with Crippen LogP contribution in [0.1, 0.15) is 30.6 Å². The van der Waals surface area contributed by atoms with Gasteiger partial charge in [0.05, 0.1) is 28.9 Å². The number of ether oxygens (including phenoxy) is 1. The number of anilines is 2.